The lowest BCUT2D eigenvalue weighted by atomic mass is 10.1. The van der Waals surface area contributed by atoms with Crippen LogP contribution in [0, 0.1) is 6.92 Å². The fraction of sp³-hybridized carbons (Fsp3) is 0.111. The second kappa shape index (κ2) is 4.14. The topological polar surface area (TPSA) is 52.3 Å². The van der Waals surface area contributed by atoms with E-state index in [1.54, 1.807) is 24.3 Å². The van der Waals surface area contributed by atoms with E-state index >= 15 is 0 Å². The van der Waals surface area contributed by atoms with Crippen molar-refractivity contribution in [2.75, 3.05) is 0 Å². The fourth-order valence-corrected chi connectivity index (χ4v) is 1.11. The highest BCUT2D eigenvalue weighted by molar-refractivity contribution is 6.30. The van der Waals surface area contributed by atoms with Crippen LogP contribution < -0.4 is 5.73 Å². The number of ether oxygens (including phenoxy) is 1. The summed E-state index contributed by atoms with van der Waals surface area (Å²) in [5.41, 5.74) is 5.55. The van der Waals surface area contributed by atoms with Gasteiger partial charge in [0.2, 0.25) is 0 Å². The van der Waals surface area contributed by atoms with E-state index in [1.165, 1.54) is 0 Å². The molecule has 0 aliphatic carbocycles. The zero-order chi connectivity index (χ0) is 9.84. The molecule has 1 amide bonds. The standard InChI is InChI=1S/C9H9ClNO2/c1-6(13-9(11)12)7-3-2-4-8(10)5-7/h2-6H,1H2,(H2,11,12)/t6-/m1/s1. The monoisotopic (exact) mass is 198 g/mol. The number of amides is 1. The molecule has 13 heavy (non-hydrogen) atoms. The molecule has 0 bridgehead atoms. The van der Waals surface area contributed by atoms with E-state index in [-0.39, 0.29) is 0 Å². The Morgan fingerprint density at radius 2 is 2.31 bits per heavy atom. The van der Waals surface area contributed by atoms with Crippen LogP contribution in [-0.4, -0.2) is 6.09 Å². The van der Waals surface area contributed by atoms with Crippen molar-refractivity contribution in [1.29, 1.82) is 0 Å². The molecule has 4 heteroatoms. The van der Waals surface area contributed by atoms with E-state index in [1.807, 2.05) is 0 Å². The number of benzene rings is 1. The Bertz CT molecular complexity index is 314. The molecule has 0 saturated carbocycles. The van der Waals surface area contributed by atoms with Gasteiger partial charge in [0.15, 0.2) is 0 Å². The molecule has 0 spiro atoms. The maximum atomic E-state index is 10.4. The highest BCUT2D eigenvalue weighted by Gasteiger charge is 2.08. The van der Waals surface area contributed by atoms with Crippen molar-refractivity contribution in [1.82, 2.24) is 0 Å². The summed E-state index contributed by atoms with van der Waals surface area (Å²) < 4.78 is 4.66. The lowest BCUT2D eigenvalue weighted by Gasteiger charge is -2.11. The molecule has 1 aromatic rings. The zero-order valence-corrected chi connectivity index (χ0v) is 7.62. The predicted molar refractivity (Wildman–Crippen MR) is 50.2 cm³/mol. The van der Waals surface area contributed by atoms with E-state index < -0.39 is 12.2 Å². The maximum absolute atomic E-state index is 10.4. The summed E-state index contributed by atoms with van der Waals surface area (Å²) in [7, 11) is 0. The third-order valence-electron chi connectivity index (χ3n) is 1.48. The largest absolute Gasteiger partial charge is 0.442 e. The Kier molecular flexibility index (Phi) is 3.14. The average molecular weight is 199 g/mol. The number of hydrogen-bond donors (Lipinski definition) is 1. The molecule has 0 aromatic heterocycles. The number of primary amides is 1. The molecule has 1 rings (SSSR count). The summed E-state index contributed by atoms with van der Waals surface area (Å²) in [5, 5.41) is 0.569. The minimum absolute atomic E-state index is 0.569. The summed E-state index contributed by atoms with van der Waals surface area (Å²) in [6.45, 7) is 3.61. The number of nitrogens with two attached hydrogens (primary N) is 1. The SMILES string of the molecule is [CH2][C@@H](OC(N)=O)c1cccc(Cl)c1. The summed E-state index contributed by atoms with van der Waals surface area (Å²) in [4.78, 5) is 10.4. The first-order valence-corrected chi connectivity index (χ1v) is 4.02. The Hall–Kier alpha value is -1.22. The van der Waals surface area contributed by atoms with Gasteiger partial charge in [-0.1, -0.05) is 23.7 Å². The molecular weight excluding hydrogens is 190 g/mol. The highest BCUT2D eigenvalue weighted by Crippen LogP contribution is 2.19. The molecule has 0 unspecified atom stereocenters. The Balaban J connectivity index is 2.76. The quantitative estimate of drug-likeness (QED) is 0.793. The lowest BCUT2D eigenvalue weighted by molar-refractivity contribution is 0.128. The Morgan fingerprint density at radius 3 is 2.85 bits per heavy atom. The van der Waals surface area contributed by atoms with Crippen LogP contribution in [0.3, 0.4) is 0 Å². The van der Waals surface area contributed by atoms with Crippen molar-refractivity contribution in [3.63, 3.8) is 0 Å². The molecule has 0 aliphatic rings. The van der Waals surface area contributed by atoms with Crippen molar-refractivity contribution >= 4 is 17.7 Å². The summed E-state index contributed by atoms with van der Waals surface area (Å²) >= 11 is 5.73. The molecule has 2 N–H and O–H groups in total. The van der Waals surface area contributed by atoms with E-state index in [9.17, 15) is 4.79 Å². The van der Waals surface area contributed by atoms with Gasteiger partial charge in [-0.15, -0.1) is 0 Å². The van der Waals surface area contributed by atoms with Crippen LogP contribution in [0.4, 0.5) is 4.79 Å². The van der Waals surface area contributed by atoms with Gasteiger partial charge in [0.25, 0.3) is 0 Å². The molecule has 0 saturated heterocycles. The van der Waals surface area contributed by atoms with Gasteiger partial charge >= 0.3 is 6.09 Å². The van der Waals surface area contributed by atoms with Gasteiger partial charge in [-0.25, -0.2) is 4.79 Å². The number of carbonyl (C=O) groups is 1. The number of rotatable bonds is 2. The lowest BCUT2D eigenvalue weighted by Crippen LogP contribution is -2.15. The van der Waals surface area contributed by atoms with Crippen LogP contribution in [0.2, 0.25) is 5.02 Å². The van der Waals surface area contributed by atoms with E-state index in [0.717, 1.165) is 0 Å². The van der Waals surface area contributed by atoms with Crippen molar-refractivity contribution in [2.24, 2.45) is 5.73 Å². The van der Waals surface area contributed by atoms with E-state index in [2.05, 4.69) is 11.7 Å². The highest BCUT2D eigenvalue weighted by atomic mass is 35.5. The maximum Gasteiger partial charge on any atom is 0.405 e. The first-order valence-electron chi connectivity index (χ1n) is 3.64. The minimum atomic E-state index is -0.847. The van der Waals surface area contributed by atoms with Crippen LogP contribution in [0.15, 0.2) is 24.3 Å². The molecule has 0 aliphatic heterocycles. The van der Waals surface area contributed by atoms with Gasteiger partial charge < -0.3 is 10.5 Å². The molecule has 1 atom stereocenters. The van der Waals surface area contributed by atoms with Crippen molar-refractivity contribution < 1.29 is 9.53 Å². The normalized spacial score (nSPS) is 12.2. The Morgan fingerprint density at radius 1 is 1.62 bits per heavy atom. The second-order valence-electron chi connectivity index (χ2n) is 2.48. The van der Waals surface area contributed by atoms with E-state index in [4.69, 9.17) is 17.3 Å². The smallest absolute Gasteiger partial charge is 0.405 e. The first kappa shape index (κ1) is 9.86. The van der Waals surface area contributed by atoms with Crippen LogP contribution in [0.1, 0.15) is 11.7 Å². The molecule has 69 valence electrons. The number of carbonyl (C=O) groups excluding carboxylic acids is 1. The third kappa shape index (κ3) is 2.95. The van der Waals surface area contributed by atoms with E-state index in [0.29, 0.717) is 10.6 Å². The van der Waals surface area contributed by atoms with Crippen molar-refractivity contribution in [2.45, 2.75) is 6.10 Å². The number of hydrogen-bond acceptors (Lipinski definition) is 2. The minimum Gasteiger partial charge on any atom is -0.442 e. The summed E-state index contributed by atoms with van der Waals surface area (Å²) in [5.74, 6) is 0. The average Bonchev–Trinajstić information content (AvgIpc) is 2.03. The van der Waals surface area contributed by atoms with Gasteiger partial charge in [-0.05, 0) is 24.6 Å². The zero-order valence-electron chi connectivity index (χ0n) is 6.87. The summed E-state index contributed by atoms with van der Waals surface area (Å²) in [6, 6.07) is 6.90. The van der Waals surface area contributed by atoms with Gasteiger partial charge in [0.05, 0.1) is 0 Å². The third-order valence-corrected chi connectivity index (χ3v) is 1.71. The molecular formula is C9H9ClNO2. The van der Waals surface area contributed by atoms with Gasteiger partial charge in [0, 0.05) is 5.02 Å². The summed E-state index contributed by atoms with van der Waals surface area (Å²) in [6.07, 6.45) is -1.46. The fourth-order valence-electron chi connectivity index (χ4n) is 0.915. The van der Waals surface area contributed by atoms with Crippen LogP contribution in [-0.2, 0) is 4.74 Å². The molecule has 0 fully saturated rings. The molecule has 1 radical (unpaired) electrons. The van der Waals surface area contributed by atoms with Gasteiger partial charge in [-0.2, -0.15) is 0 Å². The van der Waals surface area contributed by atoms with Gasteiger partial charge in [-0.3, -0.25) is 0 Å². The molecule has 3 nitrogen and oxygen atoms in total. The van der Waals surface area contributed by atoms with Crippen molar-refractivity contribution in [3.05, 3.63) is 41.8 Å². The Labute approximate surface area is 81.4 Å². The molecule has 1 aromatic carbocycles. The van der Waals surface area contributed by atoms with Crippen molar-refractivity contribution in [3.8, 4) is 0 Å². The second-order valence-corrected chi connectivity index (χ2v) is 2.92. The van der Waals surface area contributed by atoms with Crippen LogP contribution in [0.25, 0.3) is 0 Å². The number of halogens is 1. The predicted octanol–water partition coefficient (Wildman–Crippen LogP) is 2.31. The van der Waals surface area contributed by atoms with Crippen LogP contribution in [0.5, 0.6) is 0 Å². The molecule has 0 heterocycles. The first-order chi connectivity index (χ1) is 6.09. The van der Waals surface area contributed by atoms with Gasteiger partial charge in [0.1, 0.15) is 6.10 Å². The van der Waals surface area contributed by atoms with Crippen LogP contribution >= 0.6 is 11.6 Å².